The molecule has 0 saturated heterocycles. The molecule has 4 heteroatoms. The topological polar surface area (TPSA) is 18.5 Å². The summed E-state index contributed by atoms with van der Waals surface area (Å²) in [5, 5.41) is 0. The molecule has 0 amide bonds. The van der Waals surface area contributed by atoms with E-state index in [2.05, 4.69) is 26.6 Å². The summed E-state index contributed by atoms with van der Waals surface area (Å²) >= 11 is 0. The van der Waals surface area contributed by atoms with Crippen molar-refractivity contribution in [1.29, 1.82) is 0 Å². The van der Waals surface area contributed by atoms with Crippen molar-refractivity contribution in [3.8, 4) is 0 Å². The van der Waals surface area contributed by atoms with Crippen LogP contribution in [-0.4, -0.2) is 24.9 Å². The molecule has 72 valence electrons. The highest BCUT2D eigenvalue weighted by Gasteiger charge is 2.19. The minimum atomic E-state index is -1.35. The maximum atomic E-state index is 5.78. The van der Waals surface area contributed by atoms with Gasteiger partial charge in [-0.2, -0.15) is 0 Å². The van der Waals surface area contributed by atoms with Crippen molar-refractivity contribution in [2.75, 3.05) is 6.61 Å². The van der Waals surface area contributed by atoms with Crippen molar-refractivity contribution in [2.24, 2.45) is 0 Å². The fraction of sp³-hybridized carbons (Fsp3) is 0.750. The van der Waals surface area contributed by atoms with Crippen molar-refractivity contribution >= 4 is 18.3 Å². The summed E-state index contributed by atoms with van der Waals surface area (Å²) in [4.78, 5) is 0. The van der Waals surface area contributed by atoms with Crippen LogP contribution >= 0.6 is 0 Å². The minimum absolute atomic E-state index is 0.642. The van der Waals surface area contributed by atoms with Gasteiger partial charge in [-0.05, 0) is 19.1 Å². The average molecular weight is 204 g/mol. The van der Waals surface area contributed by atoms with E-state index in [9.17, 15) is 0 Å². The zero-order valence-electron chi connectivity index (χ0n) is 8.43. The second kappa shape index (κ2) is 6.59. The van der Waals surface area contributed by atoms with Crippen LogP contribution in [0.2, 0.25) is 19.1 Å². The highest BCUT2D eigenvalue weighted by molar-refractivity contribution is 6.74. The molecule has 2 nitrogen and oxygen atoms in total. The SMILES string of the molecule is C=CCO[SiH2]O[Si](C)(C)CCC. The summed E-state index contributed by atoms with van der Waals surface area (Å²) in [6.45, 7) is 10.9. The average Bonchev–Trinajstić information content (AvgIpc) is 1.98. The molecule has 0 aliphatic rings. The van der Waals surface area contributed by atoms with Crippen molar-refractivity contribution in [3.05, 3.63) is 12.7 Å². The first kappa shape index (κ1) is 12.1. The Morgan fingerprint density at radius 3 is 2.67 bits per heavy atom. The normalized spacial score (nSPS) is 12.6. The monoisotopic (exact) mass is 204 g/mol. The molecular formula is C8H20O2Si2. The lowest BCUT2D eigenvalue weighted by atomic mass is 10.6. The highest BCUT2D eigenvalue weighted by atomic mass is 28.4. The van der Waals surface area contributed by atoms with Gasteiger partial charge in [0.25, 0.3) is 10.0 Å². The molecule has 0 fully saturated rings. The molecule has 0 rings (SSSR count). The van der Waals surface area contributed by atoms with E-state index in [1.54, 1.807) is 6.08 Å². The van der Waals surface area contributed by atoms with Crippen molar-refractivity contribution < 1.29 is 8.54 Å². The maximum Gasteiger partial charge on any atom is 0.294 e. The first-order valence-corrected chi connectivity index (χ1v) is 8.72. The lowest BCUT2D eigenvalue weighted by molar-refractivity contribution is 0.323. The molecule has 0 aromatic rings. The van der Waals surface area contributed by atoms with Crippen LogP contribution in [-0.2, 0) is 8.54 Å². The lowest BCUT2D eigenvalue weighted by Gasteiger charge is -2.21. The van der Waals surface area contributed by atoms with E-state index < -0.39 is 18.3 Å². The van der Waals surface area contributed by atoms with Crippen LogP contribution in [0.4, 0.5) is 0 Å². The minimum Gasteiger partial charge on any atom is -0.440 e. The second-order valence-electron chi connectivity index (χ2n) is 3.43. The van der Waals surface area contributed by atoms with Crippen molar-refractivity contribution in [1.82, 2.24) is 0 Å². The van der Waals surface area contributed by atoms with Gasteiger partial charge in [0.15, 0.2) is 8.32 Å². The Bertz CT molecular complexity index is 126. The Balaban J connectivity index is 3.39. The summed E-state index contributed by atoms with van der Waals surface area (Å²) in [5.74, 6) is 0. The molecule has 0 radical (unpaired) electrons. The molecule has 0 unspecified atom stereocenters. The molecule has 12 heavy (non-hydrogen) atoms. The Kier molecular flexibility index (Phi) is 6.64. The van der Waals surface area contributed by atoms with Gasteiger partial charge in [-0.3, -0.25) is 0 Å². The lowest BCUT2D eigenvalue weighted by Crippen LogP contribution is -2.32. The fourth-order valence-corrected chi connectivity index (χ4v) is 4.66. The van der Waals surface area contributed by atoms with Crippen LogP contribution in [0.3, 0.4) is 0 Å². The number of rotatable bonds is 7. The van der Waals surface area contributed by atoms with Crippen LogP contribution in [0.5, 0.6) is 0 Å². The maximum absolute atomic E-state index is 5.78. The fourth-order valence-electron chi connectivity index (χ4n) is 1.01. The Morgan fingerprint density at radius 1 is 1.50 bits per heavy atom. The molecule has 0 saturated carbocycles. The van der Waals surface area contributed by atoms with E-state index >= 15 is 0 Å². The van der Waals surface area contributed by atoms with Gasteiger partial charge in [-0.1, -0.05) is 19.4 Å². The van der Waals surface area contributed by atoms with Gasteiger partial charge in [-0.15, -0.1) is 6.58 Å². The van der Waals surface area contributed by atoms with Crippen LogP contribution in [0.15, 0.2) is 12.7 Å². The van der Waals surface area contributed by atoms with Crippen LogP contribution < -0.4 is 0 Å². The molecule has 0 heterocycles. The van der Waals surface area contributed by atoms with Gasteiger partial charge < -0.3 is 8.54 Å². The smallest absolute Gasteiger partial charge is 0.294 e. The molecule has 0 aromatic carbocycles. The van der Waals surface area contributed by atoms with Crippen molar-refractivity contribution in [2.45, 2.75) is 32.5 Å². The van der Waals surface area contributed by atoms with Gasteiger partial charge in [0.1, 0.15) is 0 Å². The Morgan fingerprint density at radius 2 is 2.17 bits per heavy atom. The van der Waals surface area contributed by atoms with Crippen LogP contribution in [0, 0.1) is 0 Å². The summed E-state index contributed by atoms with van der Waals surface area (Å²) in [6, 6.07) is 1.23. The summed E-state index contributed by atoms with van der Waals surface area (Å²) in [5.41, 5.74) is 0. The van der Waals surface area contributed by atoms with Crippen LogP contribution in [0.25, 0.3) is 0 Å². The van der Waals surface area contributed by atoms with E-state index in [0.29, 0.717) is 6.61 Å². The molecule has 0 atom stereocenters. The van der Waals surface area contributed by atoms with Gasteiger partial charge in [0.2, 0.25) is 0 Å². The quantitative estimate of drug-likeness (QED) is 0.358. The summed E-state index contributed by atoms with van der Waals surface area (Å²) in [7, 11) is -2.08. The predicted octanol–water partition coefficient (Wildman–Crippen LogP) is 1.82. The third-order valence-corrected chi connectivity index (χ3v) is 7.32. The second-order valence-corrected chi connectivity index (χ2v) is 9.25. The van der Waals surface area contributed by atoms with E-state index in [0.717, 1.165) is 0 Å². The summed E-state index contributed by atoms with van der Waals surface area (Å²) in [6.07, 6.45) is 2.99. The Labute approximate surface area is 79.2 Å². The Hall–Kier alpha value is 0.0938. The van der Waals surface area contributed by atoms with Crippen molar-refractivity contribution in [3.63, 3.8) is 0 Å². The molecular weight excluding hydrogens is 184 g/mol. The van der Waals surface area contributed by atoms with Gasteiger partial charge >= 0.3 is 0 Å². The molecule has 0 N–H and O–H groups in total. The molecule has 0 bridgehead atoms. The van der Waals surface area contributed by atoms with E-state index in [1.807, 2.05) is 0 Å². The first-order valence-electron chi connectivity index (χ1n) is 4.45. The van der Waals surface area contributed by atoms with E-state index in [4.69, 9.17) is 8.54 Å². The van der Waals surface area contributed by atoms with E-state index in [1.165, 1.54) is 12.5 Å². The number of hydrogen-bond donors (Lipinski definition) is 0. The largest absolute Gasteiger partial charge is 0.440 e. The molecule has 0 aliphatic carbocycles. The summed E-state index contributed by atoms with van der Waals surface area (Å²) < 4.78 is 11.1. The van der Waals surface area contributed by atoms with Crippen LogP contribution in [0.1, 0.15) is 13.3 Å². The standard InChI is InChI=1S/C8H20O2Si2/c1-5-7-9-11-10-12(3,4)8-6-2/h5H,1,6-8,11H2,2-4H3. The number of hydrogen-bond acceptors (Lipinski definition) is 2. The van der Waals surface area contributed by atoms with E-state index in [-0.39, 0.29) is 0 Å². The molecule has 0 spiro atoms. The zero-order valence-corrected chi connectivity index (χ0v) is 10.8. The van der Waals surface area contributed by atoms with Gasteiger partial charge in [0.05, 0.1) is 6.61 Å². The van der Waals surface area contributed by atoms with Gasteiger partial charge in [-0.25, -0.2) is 0 Å². The predicted molar refractivity (Wildman–Crippen MR) is 58.4 cm³/mol. The molecule has 0 aliphatic heterocycles. The molecule has 0 aromatic heterocycles. The third-order valence-electron chi connectivity index (χ3n) is 1.62. The van der Waals surface area contributed by atoms with Gasteiger partial charge in [0, 0.05) is 0 Å². The zero-order chi connectivity index (χ0) is 9.45. The highest BCUT2D eigenvalue weighted by Crippen LogP contribution is 2.12. The third kappa shape index (κ3) is 6.78. The first-order chi connectivity index (χ1) is 5.62.